The molecule has 0 saturated carbocycles. The van der Waals surface area contributed by atoms with E-state index in [-0.39, 0.29) is 17.1 Å². The van der Waals surface area contributed by atoms with Gasteiger partial charge in [-0.05, 0) is 53.5 Å². The van der Waals surface area contributed by atoms with Crippen LogP contribution in [0.3, 0.4) is 0 Å². The number of benzene rings is 2. The second-order valence-electron chi connectivity index (χ2n) is 6.87. The molecule has 3 aromatic rings. The quantitative estimate of drug-likeness (QED) is 0.572. The van der Waals surface area contributed by atoms with Crippen molar-refractivity contribution in [3.05, 3.63) is 59.7 Å². The third-order valence-electron chi connectivity index (χ3n) is 4.61. The van der Waals surface area contributed by atoms with Crippen LogP contribution in [0.15, 0.2) is 53.7 Å². The van der Waals surface area contributed by atoms with Crippen molar-refractivity contribution in [2.75, 3.05) is 13.7 Å². The van der Waals surface area contributed by atoms with Crippen LogP contribution >= 0.6 is 11.8 Å². The number of carbonyl (C=O) groups is 1. The normalized spacial score (nSPS) is 13.0. The van der Waals surface area contributed by atoms with E-state index in [0.29, 0.717) is 17.5 Å². The number of ether oxygens (including phenoxy) is 1. The highest BCUT2D eigenvalue weighted by molar-refractivity contribution is 8.00. The van der Waals surface area contributed by atoms with Gasteiger partial charge in [0.1, 0.15) is 11.4 Å². The first-order valence-electron chi connectivity index (χ1n) is 9.42. The number of methoxy groups -OCH3 is 1. The first kappa shape index (κ1) is 20.9. The minimum atomic E-state index is -0.349. The predicted molar refractivity (Wildman–Crippen MR) is 114 cm³/mol. The maximum absolute atomic E-state index is 12.6. The number of thioether (sulfide) groups is 1. The predicted octanol–water partition coefficient (Wildman–Crippen LogP) is 3.38. The van der Waals surface area contributed by atoms with Crippen molar-refractivity contribution >= 4 is 17.7 Å². The molecular formula is C21H25N5O2S. The van der Waals surface area contributed by atoms with Crippen LogP contribution in [0.5, 0.6) is 5.75 Å². The van der Waals surface area contributed by atoms with Gasteiger partial charge in [0, 0.05) is 6.54 Å². The molecule has 152 valence electrons. The van der Waals surface area contributed by atoms with Crippen LogP contribution in [0.25, 0.3) is 5.69 Å². The van der Waals surface area contributed by atoms with Crippen molar-refractivity contribution in [3.8, 4) is 11.4 Å². The van der Waals surface area contributed by atoms with Gasteiger partial charge in [0.05, 0.1) is 12.4 Å². The van der Waals surface area contributed by atoms with Gasteiger partial charge in [0.15, 0.2) is 0 Å². The summed E-state index contributed by atoms with van der Waals surface area (Å²) in [5.41, 5.74) is 3.00. The third-order valence-corrected chi connectivity index (χ3v) is 5.64. The monoisotopic (exact) mass is 411 g/mol. The number of nitrogens with one attached hydrogen (secondary N) is 1. The fraction of sp³-hybridized carbons (Fsp3) is 0.333. The molecule has 0 aliphatic heterocycles. The van der Waals surface area contributed by atoms with Crippen molar-refractivity contribution in [2.45, 2.75) is 37.1 Å². The van der Waals surface area contributed by atoms with Gasteiger partial charge in [-0.3, -0.25) is 4.79 Å². The summed E-state index contributed by atoms with van der Waals surface area (Å²) in [6, 6.07) is 15.9. The lowest BCUT2D eigenvalue weighted by Crippen LogP contribution is -2.33. The number of hydrogen-bond donors (Lipinski definition) is 1. The summed E-state index contributed by atoms with van der Waals surface area (Å²) in [5, 5.41) is 15.2. The zero-order chi connectivity index (χ0) is 20.8. The highest BCUT2D eigenvalue weighted by atomic mass is 32.2. The Morgan fingerprint density at radius 2 is 1.97 bits per heavy atom. The van der Waals surface area contributed by atoms with E-state index >= 15 is 0 Å². The lowest BCUT2D eigenvalue weighted by molar-refractivity contribution is -0.120. The maximum Gasteiger partial charge on any atom is 0.233 e. The molecule has 1 aromatic heterocycles. The van der Waals surface area contributed by atoms with Gasteiger partial charge in [0.25, 0.3) is 0 Å². The van der Waals surface area contributed by atoms with Crippen LogP contribution in [0.2, 0.25) is 0 Å². The molecule has 0 bridgehead atoms. The summed E-state index contributed by atoms with van der Waals surface area (Å²) in [7, 11) is 1.61. The molecule has 2 atom stereocenters. The molecule has 0 spiro atoms. The van der Waals surface area contributed by atoms with Crippen molar-refractivity contribution in [2.24, 2.45) is 0 Å². The Kier molecular flexibility index (Phi) is 6.87. The van der Waals surface area contributed by atoms with Gasteiger partial charge >= 0.3 is 0 Å². The molecule has 1 heterocycles. The molecular weight excluding hydrogens is 386 g/mol. The van der Waals surface area contributed by atoms with Crippen LogP contribution in [-0.2, 0) is 4.79 Å². The average Bonchev–Trinajstić information content (AvgIpc) is 3.20. The van der Waals surface area contributed by atoms with Gasteiger partial charge in [0.2, 0.25) is 11.1 Å². The van der Waals surface area contributed by atoms with Crippen LogP contribution in [0.4, 0.5) is 0 Å². The Morgan fingerprint density at radius 3 is 2.69 bits per heavy atom. The van der Waals surface area contributed by atoms with E-state index in [0.717, 1.165) is 11.3 Å². The Morgan fingerprint density at radius 1 is 1.21 bits per heavy atom. The molecule has 3 rings (SSSR count). The molecule has 0 fully saturated rings. The number of hydrogen-bond acceptors (Lipinski definition) is 6. The van der Waals surface area contributed by atoms with Crippen molar-refractivity contribution < 1.29 is 9.53 Å². The van der Waals surface area contributed by atoms with Crippen LogP contribution in [0, 0.1) is 6.92 Å². The maximum atomic E-state index is 12.6. The summed E-state index contributed by atoms with van der Waals surface area (Å²) < 4.78 is 7.04. The number of tetrazole rings is 1. The number of carbonyl (C=O) groups excluding carboxylic acids is 1. The molecule has 0 aliphatic rings. The first-order valence-corrected chi connectivity index (χ1v) is 10.3. The first-order chi connectivity index (χ1) is 14.0. The zero-order valence-electron chi connectivity index (χ0n) is 17.0. The fourth-order valence-corrected chi connectivity index (χ4v) is 3.70. The van der Waals surface area contributed by atoms with E-state index in [4.69, 9.17) is 4.74 Å². The van der Waals surface area contributed by atoms with Gasteiger partial charge in [-0.1, -0.05) is 55.1 Å². The fourth-order valence-electron chi connectivity index (χ4n) is 2.88. The summed E-state index contributed by atoms with van der Waals surface area (Å²) in [4.78, 5) is 12.6. The second-order valence-corrected chi connectivity index (χ2v) is 8.17. The Labute approximate surface area is 174 Å². The van der Waals surface area contributed by atoms with E-state index in [9.17, 15) is 4.79 Å². The molecule has 0 aliphatic carbocycles. The van der Waals surface area contributed by atoms with Gasteiger partial charge in [-0.2, -0.15) is 4.68 Å². The SMILES string of the molecule is COc1ccc(C)cc1-n1nnnc1SC(C)C(=O)NCC(C)c1ccccc1. The van der Waals surface area contributed by atoms with E-state index < -0.39 is 0 Å². The van der Waals surface area contributed by atoms with E-state index in [1.54, 1.807) is 11.8 Å². The molecule has 2 aromatic carbocycles. The summed E-state index contributed by atoms with van der Waals surface area (Å²) in [6.45, 7) is 6.51. The third kappa shape index (κ3) is 5.14. The van der Waals surface area contributed by atoms with E-state index in [2.05, 4.69) is 39.9 Å². The lowest BCUT2D eigenvalue weighted by Gasteiger charge is -2.16. The van der Waals surface area contributed by atoms with E-state index in [1.807, 2.05) is 50.2 Å². The van der Waals surface area contributed by atoms with Gasteiger partial charge in [-0.15, -0.1) is 5.10 Å². The molecule has 2 unspecified atom stereocenters. The number of rotatable bonds is 8. The second kappa shape index (κ2) is 9.56. The van der Waals surface area contributed by atoms with Crippen LogP contribution < -0.4 is 10.1 Å². The van der Waals surface area contributed by atoms with Crippen LogP contribution in [-0.4, -0.2) is 45.0 Å². The molecule has 1 N–H and O–H groups in total. The molecule has 0 saturated heterocycles. The topological polar surface area (TPSA) is 81.9 Å². The Hall–Kier alpha value is -2.87. The van der Waals surface area contributed by atoms with E-state index in [1.165, 1.54) is 17.3 Å². The lowest BCUT2D eigenvalue weighted by atomic mass is 10.0. The summed E-state index contributed by atoms with van der Waals surface area (Å²) in [5.74, 6) is 0.848. The van der Waals surface area contributed by atoms with Crippen LogP contribution in [0.1, 0.15) is 30.9 Å². The molecule has 7 nitrogen and oxygen atoms in total. The van der Waals surface area contributed by atoms with Gasteiger partial charge < -0.3 is 10.1 Å². The smallest absolute Gasteiger partial charge is 0.233 e. The van der Waals surface area contributed by atoms with Crippen molar-refractivity contribution in [1.29, 1.82) is 0 Å². The Balaban J connectivity index is 1.66. The average molecular weight is 412 g/mol. The number of amides is 1. The summed E-state index contributed by atoms with van der Waals surface area (Å²) >= 11 is 1.31. The molecule has 0 radical (unpaired) electrons. The highest BCUT2D eigenvalue weighted by Crippen LogP contribution is 2.28. The minimum absolute atomic E-state index is 0.0523. The highest BCUT2D eigenvalue weighted by Gasteiger charge is 2.21. The number of aryl methyl sites for hydroxylation is 1. The minimum Gasteiger partial charge on any atom is -0.494 e. The zero-order valence-corrected chi connectivity index (χ0v) is 17.8. The van der Waals surface area contributed by atoms with Crippen molar-refractivity contribution in [1.82, 2.24) is 25.5 Å². The molecule has 8 heteroatoms. The van der Waals surface area contributed by atoms with Gasteiger partial charge in [-0.25, -0.2) is 0 Å². The number of aromatic nitrogens is 4. The standard InChI is InChI=1S/C21H25N5O2S/c1-14-10-11-19(28-4)18(12-14)26-21(23-24-25-26)29-16(3)20(27)22-13-15(2)17-8-6-5-7-9-17/h5-12,15-16H,13H2,1-4H3,(H,22,27). The van der Waals surface area contributed by atoms with Crippen molar-refractivity contribution in [3.63, 3.8) is 0 Å². The molecule has 1 amide bonds. The number of nitrogens with zero attached hydrogens (tertiary/aromatic N) is 4. The summed E-state index contributed by atoms with van der Waals surface area (Å²) in [6.07, 6.45) is 0. The largest absolute Gasteiger partial charge is 0.494 e. The Bertz CT molecular complexity index is 961. The molecule has 29 heavy (non-hydrogen) atoms.